The monoisotopic (exact) mass is 136 g/mol. The van der Waals surface area contributed by atoms with Gasteiger partial charge < -0.3 is 5.21 Å². The molecule has 0 rings (SSSR count). The molecule has 0 aromatic carbocycles. The number of hydrogen-bond acceptors (Lipinski definition) is 4. The maximum atomic E-state index is 10.6. The molecule has 5 nitrogen and oxygen atoms in total. The van der Waals surface area contributed by atoms with E-state index in [-0.39, 0.29) is 0 Å². The Hall–Kier alpha value is -0.200. The van der Waals surface area contributed by atoms with Gasteiger partial charge in [-0.25, -0.2) is 0 Å². The molecule has 0 amide bonds. The molecule has 0 fully saturated rings. The zero-order chi connectivity index (χ0) is 7.49. The lowest BCUT2D eigenvalue weighted by atomic mass is 10.1. The molecule has 0 aliphatic rings. The third-order valence-electron chi connectivity index (χ3n) is 0.751. The van der Waals surface area contributed by atoms with Crippen LogP contribution >= 0.6 is 0 Å². The summed E-state index contributed by atoms with van der Waals surface area (Å²) in [7, 11) is 0. The highest BCUT2D eigenvalue weighted by Gasteiger charge is 2.19. The fourth-order valence-corrected chi connectivity index (χ4v) is 0.195. The Labute approximate surface area is 53.7 Å². The van der Waals surface area contributed by atoms with Gasteiger partial charge in [-0.3, -0.25) is 5.21 Å². The summed E-state index contributed by atoms with van der Waals surface area (Å²) in [5.74, 6) is 0. The minimum absolute atomic E-state index is 0.495. The molecule has 3 N–H and O–H groups in total. The normalized spacial score (nSPS) is 15.7. The molecule has 0 saturated carbocycles. The van der Waals surface area contributed by atoms with Crippen LogP contribution in [0.25, 0.3) is 0 Å². The van der Waals surface area contributed by atoms with E-state index in [9.17, 15) is 5.21 Å². The van der Waals surface area contributed by atoms with Gasteiger partial charge in [0.15, 0.2) is 0 Å². The van der Waals surface area contributed by atoms with Crippen LogP contribution in [0.4, 0.5) is 0 Å². The summed E-state index contributed by atoms with van der Waals surface area (Å²) in [5, 5.41) is 18.0. The van der Waals surface area contributed by atoms with Crippen molar-refractivity contribution < 1.29 is 15.4 Å². The molecule has 0 aliphatic heterocycles. The van der Waals surface area contributed by atoms with Gasteiger partial charge in [-0.15, -0.1) is 0 Å². The molecule has 0 aromatic heterocycles. The van der Waals surface area contributed by atoms with Crippen LogP contribution in [-0.4, -0.2) is 10.7 Å². The average molecular weight is 136 g/mol. The van der Waals surface area contributed by atoms with E-state index < -0.39 is 10.8 Å². The van der Waals surface area contributed by atoms with Crippen molar-refractivity contribution in [2.45, 2.75) is 26.3 Å². The van der Waals surface area contributed by atoms with Gasteiger partial charge in [0, 0.05) is 0 Å². The Balaban J connectivity index is 3.59. The van der Waals surface area contributed by atoms with Gasteiger partial charge in [0.25, 0.3) is 0 Å². The van der Waals surface area contributed by atoms with Crippen LogP contribution in [0.15, 0.2) is 0 Å². The molecular formula is C4H12N2O3. The van der Waals surface area contributed by atoms with Crippen molar-refractivity contribution in [2.24, 2.45) is 0 Å². The molecule has 0 aliphatic carbocycles. The van der Waals surface area contributed by atoms with Crippen LogP contribution in [-0.2, 0) is 4.94 Å². The van der Waals surface area contributed by atoms with Crippen LogP contribution < -0.4 is 10.9 Å². The zero-order valence-electron chi connectivity index (χ0n) is 5.76. The molecule has 0 saturated heterocycles. The lowest BCUT2D eigenvalue weighted by molar-refractivity contribution is -1.10. The minimum Gasteiger partial charge on any atom is -0.598 e. The molecule has 0 heterocycles. The molecule has 56 valence electrons. The van der Waals surface area contributed by atoms with Crippen LogP contribution in [0.3, 0.4) is 0 Å². The smallest absolute Gasteiger partial charge is 0.120 e. The van der Waals surface area contributed by atoms with E-state index in [2.05, 4.69) is 4.94 Å². The third-order valence-corrected chi connectivity index (χ3v) is 0.751. The Bertz CT molecular complexity index is 80.4. The van der Waals surface area contributed by atoms with Crippen molar-refractivity contribution in [1.29, 1.82) is 0 Å². The van der Waals surface area contributed by atoms with Crippen molar-refractivity contribution in [3.8, 4) is 0 Å². The maximum absolute atomic E-state index is 10.6. The van der Waals surface area contributed by atoms with Gasteiger partial charge >= 0.3 is 0 Å². The van der Waals surface area contributed by atoms with Crippen molar-refractivity contribution in [3.63, 3.8) is 0 Å². The molecule has 9 heavy (non-hydrogen) atoms. The SMILES string of the molecule is CC(C)(C)[NH+]([O-])ONO. The number of hydrogen-bond donors (Lipinski definition) is 3. The molecule has 5 heteroatoms. The number of quaternary nitrogens is 1. The molecule has 0 aromatic rings. The first kappa shape index (κ1) is 8.80. The van der Waals surface area contributed by atoms with Crippen LogP contribution in [0, 0.1) is 5.21 Å². The van der Waals surface area contributed by atoms with Gasteiger partial charge in [-0.1, -0.05) is 4.94 Å². The van der Waals surface area contributed by atoms with Gasteiger partial charge in [-0.05, 0) is 26.4 Å². The van der Waals surface area contributed by atoms with Gasteiger partial charge in [0.2, 0.25) is 0 Å². The standard InChI is InChI=1S/C4H12N2O3/c1-4(2,3)6(8)9-5-7/h5-7H,1-3H3. The predicted molar refractivity (Wildman–Crippen MR) is 30.1 cm³/mol. The molecule has 0 radical (unpaired) electrons. The van der Waals surface area contributed by atoms with Gasteiger partial charge in [-0.2, -0.15) is 5.23 Å². The summed E-state index contributed by atoms with van der Waals surface area (Å²) < 4.78 is 0. The predicted octanol–water partition coefficient (Wildman–Crippen LogP) is -1.01. The van der Waals surface area contributed by atoms with Crippen LogP contribution in [0.2, 0.25) is 0 Å². The average Bonchev–Trinajstić information content (AvgIpc) is 1.64. The van der Waals surface area contributed by atoms with Crippen molar-refractivity contribution >= 4 is 0 Å². The topological polar surface area (TPSA) is 69.0 Å². The molecule has 1 atom stereocenters. The molecule has 0 spiro atoms. The Morgan fingerprint density at radius 1 is 1.56 bits per heavy atom. The van der Waals surface area contributed by atoms with E-state index in [4.69, 9.17) is 5.21 Å². The summed E-state index contributed by atoms with van der Waals surface area (Å²) in [6.45, 7) is 5.06. The molecular weight excluding hydrogens is 124 g/mol. The first-order valence-electron chi connectivity index (χ1n) is 2.59. The second-order valence-corrected chi connectivity index (χ2v) is 2.73. The second-order valence-electron chi connectivity index (χ2n) is 2.73. The lowest BCUT2D eigenvalue weighted by Crippen LogP contribution is -3.14. The minimum atomic E-state index is -0.574. The Kier molecular flexibility index (Phi) is 3.02. The van der Waals surface area contributed by atoms with E-state index in [0.717, 1.165) is 0 Å². The fraction of sp³-hybridized carbons (Fsp3) is 1.00. The first-order valence-corrected chi connectivity index (χ1v) is 2.59. The lowest BCUT2D eigenvalue weighted by Gasteiger charge is -2.30. The molecule has 0 bridgehead atoms. The van der Waals surface area contributed by atoms with E-state index in [1.807, 2.05) is 0 Å². The quantitative estimate of drug-likeness (QED) is 0.425. The van der Waals surface area contributed by atoms with E-state index >= 15 is 0 Å². The number of hydroxylamine groups is 2. The Morgan fingerprint density at radius 3 is 2.11 bits per heavy atom. The number of rotatable bonds is 2. The second kappa shape index (κ2) is 3.09. The van der Waals surface area contributed by atoms with Gasteiger partial charge in [0.1, 0.15) is 5.54 Å². The van der Waals surface area contributed by atoms with Gasteiger partial charge in [0.05, 0.1) is 0 Å². The summed E-state index contributed by atoms with van der Waals surface area (Å²) in [6, 6.07) is 0. The van der Waals surface area contributed by atoms with E-state index in [1.165, 1.54) is 5.64 Å². The summed E-state index contributed by atoms with van der Waals surface area (Å²) in [6.07, 6.45) is 0. The zero-order valence-corrected chi connectivity index (χ0v) is 5.76. The highest BCUT2D eigenvalue weighted by molar-refractivity contribution is 4.52. The van der Waals surface area contributed by atoms with E-state index in [0.29, 0.717) is 0 Å². The highest BCUT2D eigenvalue weighted by atomic mass is 17.0. The van der Waals surface area contributed by atoms with Crippen molar-refractivity contribution in [2.75, 3.05) is 0 Å². The summed E-state index contributed by atoms with van der Waals surface area (Å²) in [4.78, 5) is 4.07. The Morgan fingerprint density at radius 2 is 2.00 bits per heavy atom. The third kappa shape index (κ3) is 3.39. The van der Waals surface area contributed by atoms with Crippen LogP contribution in [0.5, 0.6) is 0 Å². The molecule has 1 unspecified atom stereocenters. The van der Waals surface area contributed by atoms with Crippen LogP contribution in [0.1, 0.15) is 20.8 Å². The summed E-state index contributed by atoms with van der Waals surface area (Å²) >= 11 is 0. The van der Waals surface area contributed by atoms with E-state index in [1.54, 1.807) is 20.8 Å². The van der Waals surface area contributed by atoms with Crippen molar-refractivity contribution in [3.05, 3.63) is 5.21 Å². The fourth-order valence-electron chi connectivity index (χ4n) is 0.195. The largest absolute Gasteiger partial charge is 0.598 e. The summed E-state index contributed by atoms with van der Waals surface area (Å²) in [5.41, 5.74) is 0.751. The number of nitrogens with one attached hydrogen (secondary N) is 2. The highest BCUT2D eigenvalue weighted by Crippen LogP contribution is 1.89. The first-order chi connectivity index (χ1) is 3.98. The van der Waals surface area contributed by atoms with Crippen molar-refractivity contribution in [1.82, 2.24) is 5.64 Å². The maximum Gasteiger partial charge on any atom is 0.120 e.